The normalized spacial score (nSPS) is 13.3. The van der Waals surface area contributed by atoms with Crippen LogP contribution in [0.1, 0.15) is 39.7 Å². The topological polar surface area (TPSA) is 75.3 Å². The molecule has 0 radical (unpaired) electrons. The van der Waals surface area contributed by atoms with E-state index in [1.165, 1.54) is 13.8 Å². The summed E-state index contributed by atoms with van der Waals surface area (Å²) in [5.74, 6) is -0.389. The van der Waals surface area contributed by atoms with Gasteiger partial charge in [-0.25, -0.2) is 0 Å². The van der Waals surface area contributed by atoms with Gasteiger partial charge in [0.2, 0.25) is 11.8 Å². The molecule has 0 aliphatic rings. The number of carbonyl (C=O) groups is 3. The van der Waals surface area contributed by atoms with Crippen molar-refractivity contribution in [3.05, 3.63) is 35.9 Å². The van der Waals surface area contributed by atoms with Crippen LogP contribution in [0.15, 0.2) is 30.3 Å². The highest BCUT2D eigenvalue weighted by atomic mass is 16.2. The SMILES string of the molecule is CC(=O)N[C@@H](Cc1ccccc1)C(=O)NC(CC(C)C)C(C)=O. The van der Waals surface area contributed by atoms with Crippen LogP contribution in [0, 0.1) is 5.92 Å². The van der Waals surface area contributed by atoms with Gasteiger partial charge in [-0.15, -0.1) is 0 Å². The van der Waals surface area contributed by atoms with Crippen LogP contribution in [0.25, 0.3) is 0 Å². The molecular weight excluding hydrogens is 292 g/mol. The van der Waals surface area contributed by atoms with E-state index in [-0.39, 0.29) is 23.5 Å². The molecule has 0 spiro atoms. The van der Waals surface area contributed by atoms with Crippen LogP contribution in [0.3, 0.4) is 0 Å². The highest BCUT2D eigenvalue weighted by Crippen LogP contribution is 2.08. The zero-order valence-electron chi connectivity index (χ0n) is 14.3. The summed E-state index contributed by atoms with van der Waals surface area (Å²) in [6.45, 7) is 6.84. The molecular formula is C18H26N2O3. The van der Waals surface area contributed by atoms with Gasteiger partial charge >= 0.3 is 0 Å². The first kappa shape index (κ1) is 18.9. The molecule has 5 heteroatoms. The number of carbonyl (C=O) groups excluding carboxylic acids is 3. The van der Waals surface area contributed by atoms with E-state index in [9.17, 15) is 14.4 Å². The third-order valence-corrected chi connectivity index (χ3v) is 3.49. The maximum Gasteiger partial charge on any atom is 0.243 e. The zero-order valence-corrected chi connectivity index (χ0v) is 14.3. The molecule has 23 heavy (non-hydrogen) atoms. The summed E-state index contributed by atoms with van der Waals surface area (Å²) < 4.78 is 0. The van der Waals surface area contributed by atoms with Crippen molar-refractivity contribution >= 4 is 17.6 Å². The number of hydrogen-bond acceptors (Lipinski definition) is 3. The van der Waals surface area contributed by atoms with Crippen LogP contribution in [0.4, 0.5) is 0 Å². The molecule has 2 N–H and O–H groups in total. The number of rotatable bonds is 8. The molecule has 2 amide bonds. The van der Waals surface area contributed by atoms with Gasteiger partial charge in [0.25, 0.3) is 0 Å². The van der Waals surface area contributed by atoms with Gasteiger partial charge in [0.05, 0.1) is 6.04 Å². The molecule has 0 saturated carbocycles. The fourth-order valence-corrected chi connectivity index (χ4v) is 2.37. The second-order valence-corrected chi connectivity index (χ2v) is 6.24. The fourth-order valence-electron chi connectivity index (χ4n) is 2.37. The van der Waals surface area contributed by atoms with Crippen molar-refractivity contribution in [1.29, 1.82) is 0 Å². The lowest BCUT2D eigenvalue weighted by Gasteiger charge is -2.23. The van der Waals surface area contributed by atoms with Gasteiger partial charge in [0.15, 0.2) is 5.78 Å². The second kappa shape index (κ2) is 9.08. The average Bonchev–Trinajstić information content (AvgIpc) is 2.45. The highest BCUT2D eigenvalue weighted by molar-refractivity contribution is 5.91. The smallest absolute Gasteiger partial charge is 0.243 e. The summed E-state index contributed by atoms with van der Waals surface area (Å²) in [7, 11) is 0. The van der Waals surface area contributed by atoms with Crippen molar-refractivity contribution in [2.45, 2.75) is 52.6 Å². The Morgan fingerprint density at radius 1 is 0.957 bits per heavy atom. The van der Waals surface area contributed by atoms with Crippen LogP contribution in [0.2, 0.25) is 0 Å². The summed E-state index contributed by atoms with van der Waals surface area (Å²) >= 11 is 0. The van der Waals surface area contributed by atoms with Gasteiger partial charge in [-0.3, -0.25) is 14.4 Å². The van der Waals surface area contributed by atoms with E-state index in [2.05, 4.69) is 10.6 Å². The lowest BCUT2D eigenvalue weighted by molar-refractivity contribution is -0.130. The van der Waals surface area contributed by atoms with E-state index < -0.39 is 12.1 Å². The number of amides is 2. The Morgan fingerprint density at radius 2 is 1.57 bits per heavy atom. The summed E-state index contributed by atoms with van der Waals surface area (Å²) in [5.41, 5.74) is 0.949. The molecule has 0 heterocycles. The monoisotopic (exact) mass is 318 g/mol. The molecule has 0 aliphatic heterocycles. The molecule has 1 unspecified atom stereocenters. The van der Waals surface area contributed by atoms with E-state index >= 15 is 0 Å². The average molecular weight is 318 g/mol. The van der Waals surface area contributed by atoms with Crippen LogP contribution in [-0.4, -0.2) is 29.7 Å². The van der Waals surface area contributed by atoms with Crippen LogP contribution in [-0.2, 0) is 20.8 Å². The number of Topliss-reactive ketones (excluding diaryl/α,β-unsaturated/α-hetero) is 1. The molecule has 0 aliphatic carbocycles. The minimum Gasteiger partial charge on any atom is -0.345 e. The van der Waals surface area contributed by atoms with Gasteiger partial charge in [-0.05, 0) is 24.8 Å². The Kier molecular flexibility index (Phi) is 7.45. The third-order valence-electron chi connectivity index (χ3n) is 3.49. The first-order valence-electron chi connectivity index (χ1n) is 7.91. The van der Waals surface area contributed by atoms with Crippen molar-refractivity contribution in [3.63, 3.8) is 0 Å². The van der Waals surface area contributed by atoms with E-state index in [0.717, 1.165) is 5.56 Å². The molecule has 2 atom stereocenters. The Balaban J connectivity index is 2.82. The molecule has 1 rings (SSSR count). The second-order valence-electron chi connectivity index (χ2n) is 6.24. The number of nitrogens with one attached hydrogen (secondary N) is 2. The van der Waals surface area contributed by atoms with Crippen molar-refractivity contribution in [2.24, 2.45) is 5.92 Å². The maximum absolute atomic E-state index is 12.5. The molecule has 0 saturated heterocycles. The standard InChI is InChI=1S/C18H26N2O3/c1-12(2)10-16(13(3)21)20-18(23)17(19-14(4)22)11-15-8-6-5-7-9-15/h5-9,12,16-17H,10-11H2,1-4H3,(H,19,22)(H,20,23)/t16?,17-/m0/s1. The Labute approximate surface area is 137 Å². The summed E-state index contributed by atoms with van der Waals surface area (Å²) in [6.07, 6.45) is 0.970. The molecule has 0 aromatic heterocycles. The summed E-state index contributed by atoms with van der Waals surface area (Å²) in [5, 5.41) is 5.43. The van der Waals surface area contributed by atoms with Gasteiger partial charge in [0, 0.05) is 13.3 Å². The van der Waals surface area contributed by atoms with Gasteiger partial charge in [0.1, 0.15) is 6.04 Å². The number of benzene rings is 1. The summed E-state index contributed by atoms with van der Waals surface area (Å²) in [6, 6.07) is 8.26. The molecule has 126 valence electrons. The maximum atomic E-state index is 12.5. The van der Waals surface area contributed by atoms with Gasteiger partial charge in [-0.1, -0.05) is 44.2 Å². The van der Waals surface area contributed by atoms with Crippen LogP contribution in [0.5, 0.6) is 0 Å². The third kappa shape index (κ3) is 7.08. The van der Waals surface area contributed by atoms with E-state index in [1.807, 2.05) is 44.2 Å². The summed E-state index contributed by atoms with van der Waals surface area (Å²) in [4.78, 5) is 35.6. The predicted molar refractivity (Wildman–Crippen MR) is 89.8 cm³/mol. The molecule has 5 nitrogen and oxygen atoms in total. The first-order valence-corrected chi connectivity index (χ1v) is 7.91. The largest absolute Gasteiger partial charge is 0.345 e. The fraction of sp³-hybridized carbons (Fsp3) is 0.500. The van der Waals surface area contributed by atoms with E-state index in [1.54, 1.807) is 0 Å². The van der Waals surface area contributed by atoms with Crippen molar-refractivity contribution in [2.75, 3.05) is 0 Å². The molecule has 0 fully saturated rings. The Morgan fingerprint density at radius 3 is 2.04 bits per heavy atom. The minimum atomic E-state index is -0.691. The lowest BCUT2D eigenvalue weighted by atomic mass is 9.99. The lowest BCUT2D eigenvalue weighted by Crippen LogP contribution is -2.52. The predicted octanol–water partition coefficient (Wildman–Crippen LogP) is 1.85. The zero-order chi connectivity index (χ0) is 17.4. The first-order chi connectivity index (χ1) is 10.8. The van der Waals surface area contributed by atoms with Crippen LogP contribution < -0.4 is 10.6 Å². The van der Waals surface area contributed by atoms with Gasteiger partial charge < -0.3 is 10.6 Å². The highest BCUT2D eigenvalue weighted by Gasteiger charge is 2.25. The minimum absolute atomic E-state index is 0.0756. The van der Waals surface area contributed by atoms with E-state index in [4.69, 9.17) is 0 Å². The quantitative estimate of drug-likeness (QED) is 0.768. The van der Waals surface area contributed by atoms with Crippen molar-refractivity contribution in [3.8, 4) is 0 Å². The van der Waals surface area contributed by atoms with Crippen molar-refractivity contribution < 1.29 is 14.4 Å². The van der Waals surface area contributed by atoms with Crippen molar-refractivity contribution in [1.82, 2.24) is 10.6 Å². The Hall–Kier alpha value is -2.17. The van der Waals surface area contributed by atoms with E-state index in [0.29, 0.717) is 12.8 Å². The van der Waals surface area contributed by atoms with Gasteiger partial charge in [-0.2, -0.15) is 0 Å². The molecule has 1 aromatic rings. The molecule has 0 bridgehead atoms. The molecule has 1 aromatic carbocycles. The number of ketones is 1. The number of hydrogen-bond donors (Lipinski definition) is 2. The van der Waals surface area contributed by atoms with Crippen LogP contribution >= 0.6 is 0 Å². The Bertz CT molecular complexity index is 540.